The summed E-state index contributed by atoms with van der Waals surface area (Å²) in [6.07, 6.45) is 0.313. The number of benzene rings is 1. The largest absolute Gasteiger partial charge is 0.384 e. The van der Waals surface area contributed by atoms with Gasteiger partial charge in [0.15, 0.2) is 0 Å². The van der Waals surface area contributed by atoms with E-state index in [2.05, 4.69) is 5.32 Å². The Labute approximate surface area is 105 Å². The van der Waals surface area contributed by atoms with E-state index >= 15 is 0 Å². The second-order valence-electron chi connectivity index (χ2n) is 3.97. The molecule has 18 heavy (non-hydrogen) atoms. The van der Waals surface area contributed by atoms with Crippen LogP contribution in [-0.4, -0.2) is 23.7 Å². The van der Waals surface area contributed by atoms with Crippen molar-refractivity contribution in [3.05, 3.63) is 35.4 Å². The van der Waals surface area contributed by atoms with Crippen molar-refractivity contribution in [1.82, 2.24) is 5.32 Å². The minimum absolute atomic E-state index is 0.0186. The van der Waals surface area contributed by atoms with Crippen molar-refractivity contribution in [2.24, 2.45) is 11.5 Å². The van der Waals surface area contributed by atoms with Crippen molar-refractivity contribution < 1.29 is 9.59 Å². The van der Waals surface area contributed by atoms with E-state index < -0.39 is 11.9 Å². The van der Waals surface area contributed by atoms with Gasteiger partial charge in [-0.1, -0.05) is 24.3 Å². The lowest BCUT2D eigenvalue weighted by molar-refractivity contribution is -0.126. The van der Waals surface area contributed by atoms with Gasteiger partial charge in [-0.3, -0.25) is 15.0 Å². The minimum Gasteiger partial charge on any atom is -0.384 e. The molecular weight excluding hydrogens is 232 g/mol. The Bertz CT molecular complexity index is 467. The third-order valence-electron chi connectivity index (χ3n) is 2.43. The van der Waals surface area contributed by atoms with Gasteiger partial charge < -0.3 is 16.8 Å². The van der Waals surface area contributed by atoms with Crippen LogP contribution >= 0.6 is 0 Å². The van der Waals surface area contributed by atoms with Crippen LogP contribution in [0.4, 0.5) is 0 Å². The fraction of sp³-hybridized carbons (Fsp3) is 0.250. The highest BCUT2D eigenvalue weighted by atomic mass is 16.2. The van der Waals surface area contributed by atoms with Crippen molar-refractivity contribution in [2.75, 3.05) is 0 Å². The predicted octanol–water partition coefficient (Wildman–Crippen LogP) is -0.497. The molecule has 1 atom stereocenters. The molecular formula is C12H16N4O2. The first kappa shape index (κ1) is 13.7. The van der Waals surface area contributed by atoms with Crippen LogP contribution in [0.2, 0.25) is 0 Å². The summed E-state index contributed by atoms with van der Waals surface area (Å²) in [6.45, 7) is 1.33. The number of amides is 2. The summed E-state index contributed by atoms with van der Waals surface area (Å²) in [4.78, 5) is 22.1. The highest BCUT2D eigenvalue weighted by Gasteiger charge is 2.16. The van der Waals surface area contributed by atoms with Crippen LogP contribution in [0.1, 0.15) is 18.1 Å². The molecule has 0 aliphatic rings. The van der Waals surface area contributed by atoms with Gasteiger partial charge in [0, 0.05) is 18.9 Å². The van der Waals surface area contributed by atoms with Gasteiger partial charge in [-0.2, -0.15) is 0 Å². The zero-order valence-corrected chi connectivity index (χ0v) is 10.1. The van der Waals surface area contributed by atoms with Crippen LogP contribution in [0.25, 0.3) is 0 Å². The van der Waals surface area contributed by atoms with Crippen LogP contribution in [0.5, 0.6) is 0 Å². The van der Waals surface area contributed by atoms with Gasteiger partial charge in [-0.25, -0.2) is 0 Å². The zero-order chi connectivity index (χ0) is 13.7. The van der Waals surface area contributed by atoms with E-state index in [4.69, 9.17) is 16.9 Å². The van der Waals surface area contributed by atoms with Gasteiger partial charge in [0.2, 0.25) is 11.8 Å². The summed E-state index contributed by atoms with van der Waals surface area (Å²) in [5.74, 6) is -0.908. The number of carbonyl (C=O) groups excluding carboxylic acids is 2. The van der Waals surface area contributed by atoms with Crippen molar-refractivity contribution >= 4 is 17.6 Å². The first-order valence-corrected chi connectivity index (χ1v) is 5.40. The van der Waals surface area contributed by atoms with Gasteiger partial charge in [-0.05, 0) is 5.56 Å². The number of hydrogen-bond acceptors (Lipinski definition) is 3. The van der Waals surface area contributed by atoms with Gasteiger partial charge >= 0.3 is 0 Å². The van der Waals surface area contributed by atoms with Crippen LogP contribution in [-0.2, 0) is 16.0 Å². The lowest BCUT2D eigenvalue weighted by Gasteiger charge is -2.14. The van der Waals surface area contributed by atoms with E-state index in [1.54, 1.807) is 24.3 Å². The standard InChI is InChI=1S/C12H16N4O2/c1-7(17)16-10(12(15)18)6-8-2-4-9(5-3-8)11(13)14/h2-5,10H,6H2,1H3,(H3,13,14)(H2,15,18)(H,16,17)/t10-/m0/s1. The number of amidine groups is 1. The number of hydrogen-bond donors (Lipinski definition) is 4. The Hall–Kier alpha value is -2.37. The van der Waals surface area contributed by atoms with Crippen LogP contribution in [0.15, 0.2) is 24.3 Å². The summed E-state index contributed by atoms with van der Waals surface area (Å²) in [5.41, 5.74) is 12.0. The SMILES string of the molecule is CC(=O)N[C@@H](Cc1ccc(C(=N)N)cc1)C(N)=O. The van der Waals surface area contributed by atoms with E-state index in [9.17, 15) is 9.59 Å². The molecule has 6 nitrogen and oxygen atoms in total. The molecule has 0 spiro atoms. The Morgan fingerprint density at radius 1 is 1.28 bits per heavy atom. The lowest BCUT2D eigenvalue weighted by Crippen LogP contribution is -2.44. The van der Waals surface area contributed by atoms with Gasteiger partial charge in [-0.15, -0.1) is 0 Å². The smallest absolute Gasteiger partial charge is 0.240 e. The Kier molecular flexibility index (Phi) is 4.42. The van der Waals surface area contributed by atoms with Crippen molar-refractivity contribution in [3.63, 3.8) is 0 Å². The fourth-order valence-corrected chi connectivity index (χ4v) is 1.52. The first-order chi connectivity index (χ1) is 8.40. The minimum atomic E-state index is -0.731. The molecule has 6 heteroatoms. The molecule has 1 rings (SSSR count). The molecule has 0 fully saturated rings. The van der Waals surface area contributed by atoms with E-state index in [0.717, 1.165) is 5.56 Å². The van der Waals surface area contributed by atoms with E-state index in [1.165, 1.54) is 6.92 Å². The molecule has 96 valence electrons. The Balaban J connectivity index is 2.78. The normalized spacial score (nSPS) is 11.6. The first-order valence-electron chi connectivity index (χ1n) is 5.40. The lowest BCUT2D eigenvalue weighted by atomic mass is 10.0. The molecule has 0 saturated carbocycles. The third kappa shape index (κ3) is 3.89. The van der Waals surface area contributed by atoms with Crippen molar-refractivity contribution in [2.45, 2.75) is 19.4 Å². The van der Waals surface area contributed by atoms with Gasteiger partial charge in [0.05, 0.1) is 0 Å². The number of nitrogens with one attached hydrogen (secondary N) is 2. The zero-order valence-electron chi connectivity index (χ0n) is 10.1. The van der Waals surface area contributed by atoms with Gasteiger partial charge in [0.1, 0.15) is 11.9 Å². The number of carbonyl (C=O) groups is 2. The molecule has 1 aromatic rings. The molecule has 0 unspecified atom stereocenters. The average Bonchev–Trinajstić information content (AvgIpc) is 2.28. The molecule has 0 saturated heterocycles. The molecule has 0 heterocycles. The van der Waals surface area contributed by atoms with E-state index in [-0.39, 0.29) is 11.7 Å². The second kappa shape index (κ2) is 5.81. The maximum Gasteiger partial charge on any atom is 0.240 e. The molecule has 0 bridgehead atoms. The number of nitrogens with two attached hydrogens (primary N) is 2. The predicted molar refractivity (Wildman–Crippen MR) is 68.0 cm³/mol. The number of rotatable bonds is 5. The summed E-state index contributed by atoms with van der Waals surface area (Å²) in [7, 11) is 0. The number of nitrogen functional groups attached to an aromatic ring is 1. The average molecular weight is 248 g/mol. The second-order valence-corrected chi connectivity index (χ2v) is 3.97. The van der Waals surface area contributed by atoms with Crippen molar-refractivity contribution in [1.29, 1.82) is 5.41 Å². The highest BCUT2D eigenvalue weighted by molar-refractivity contribution is 5.94. The van der Waals surface area contributed by atoms with Crippen LogP contribution in [0, 0.1) is 5.41 Å². The quantitative estimate of drug-likeness (QED) is 0.415. The van der Waals surface area contributed by atoms with E-state index in [0.29, 0.717) is 12.0 Å². The molecule has 0 aromatic heterocycles. The Morgan fingerprint density at radius 2 is 1.83 bits per heavy atom. The van der Waals surface area contributed by atoms with Crippen molar-refractivity contribution in [3.8, 4) is 0 Å². The summed E-state index contributed by atoms with van der Waals surface area (Å²) in [6, 6.07) is 6.13. The van der Waals surface area contributed by atoms with Crippen LogP contribution in [0.3, 0.4) is 0 Å². The molecule has 2 amide bonds. The number of primary amides is 1. The van der Waals surface area contributed by atoms with Crippen LogP contribution < -0.4 is 16.8 Å². The molecule has 0 radical (unpaired) electrons. The van der Waals surface area contributed by atoms with E-state index in [1.807, 2.05) is 0 Å². The Morgan fingerprint density at radius 3 is 2.22 bits per heavy atom. The maximum atomic E-state index is 11.2. The summed E-state index contributed by atoms with van der Waals surface area (Å²) < 4.78 is 0. The summed E-state index contributed by atoms with van der Waals surface area (Å²) in [5, 5.41) is 9.74. The molecule has 6 N–H and O–H groups in total. The fourth-order valence-electron chi connectivity index (χ4n) is 1.52. The molecule has 0 aliphatic carbocycles. The summed E-state index contributed by atoms with van der Waals surface area (Å²) >= 11 is 0. The highest BCUT2D eigenvalue weighted by Crippen LogP contribution is 2.06. The third-order valence-corrected chi connectivity index (χ3v) is 2.43. The topological polar surface area (TPSA) is 122 Å². The maximum absolute atomic E-state index is 11.2. The molecule has 1 aromatic carbocycles. The monoisotopic (exact) mass is 248 g/mol. The molecule has 0 aliphatic heterocycles. The van der Waals surface area contributed by atoms with Gasteiger partial charge in [0.25, 0.3) is 0 Å².